The summed E-state index contributed by atoms with van der Waals surface area (Å²) in [6.07, 6.45) is 5.88. The molecule has 2 atom stereocenters. The second kappa shape index (κ2) is 4.28. The van der Waals surface area contributed by atoms with Crippen LogP contribution < -0.4 is 0 Å². The molecule has 1 aliphatic rings. The van der Waals surface area contributed by atoms with E-state index in [0.717, 1.165) is 0 Å². The van der Waals surface area contributed by atoms with Crippen LogP contribution in [0.1, 0.15) is 6.92 Å². The molecular formula is C10H10Cl2O2. The summed E-state index contributed by atoms with van der Waals surface area (Å²) in [4.78, 5) is 20.5. The molecule has 0 saturated heterocycles. The van der Waals surface area contributed by atoms with Gasteiger partial charge in [0.2, 0.25) is 0 Å². The van der Waals surface area contributed by atoms with Gasteiger partial charge in [0, 0.05) is 5.92 Å². The molecule has 1 rings (SSSR count). The summed E-state index contributed by atoms with van der Waals surface area (Å²) in [5.41, 5.74) is 0.101. The standard InChI is InChI=1S/C10H10Cl2O2/c1-7-9(10(7,11)12)4-2-3-8(5-13)6-14/h2-7,9H,1H3/b4-2+. The highest BCUT2D eigenvalue weighted by Crippen LogP contribution is 2.59. The molecule has 0 heterocycles. The highest BCUT2D eigenvalue weighted by atomic mass is 35.5. The van der Waals surface area contributed by atoms with Crippen molar-refractivity contribution in [3.05, 3.63) is 23.8 Å². The lowest BCUT2D eigenvalue weighted by Gasteiger charge is -1.89. The smallest absolute Gasteiger partial charge is 0.153 e. The van der Waals surface area contributed by atoms with Gasteiger partial charge in [-0.15, -0.1) is 23.2 Å². The predicted molar refractivity (Wildman–Crippen MR) is 56.4 cm³/mol. The minimum atomic E-state index is -0.688. The summed E-state index contributed by atoms with van der Waals surface area (Å²) in [7, 11) is 0. The van der Waals surface area contributed by atoms with E-state index in [2.05, 4.69) is 0 Å². The summed E-state index contributed by atoms with van der Waals surface area (Å²) in [5.74, 6) is 0.313. The maximum atomic E-state index is 10.2. The fourth-order valence-corrected chi connectivity index (χ4v) is 1.87. The Bertz CT molecular complexity index is 295. The fraction of sp³-hybridized carbons (Fsp3) is 0.400. The van der Waals surface area contributed by atoms with E-state index in [1.165, 1.54) is 6.08 Å². The van der Waals surface area contributed by atoms with Gasteiger partial charge in [0.1, 0.15) is 4.33 Å². The quantitative estimate of drug-likeness (QED) is 0.186. The van der Waals surface area contributed by atoms with E-state index in [4.69, 9.17) is 23.2 Å². The summed E-state index contributed by atoms with van der Waals surface area (Å²) in [5, 5.41) is 0. The molecule has 0 aromatic heterocycles. The first-order valence-electron chi connectivity index (χ1n) is 4.20. The van der Waals surface area contributed by atoms with Gasteiger partial charge in [-0.05, 0) is 12.0 Å². The van der Waals surface area contributed by atoms with Gasteiger partial charge in [-0.25, -0.2) is 0 Å². The number of rotatable bonds is 4. The van der Waals surface area contributed by atoms with E-state index in [0.29, 0.717) is 12.6 Å². The Balaban J connectivity index is 2.55. The van der Waals surface area contributed by atoms with Gasteiger partial charge in [-0.3, -0.25) is 9.59 Å². The largest absolute Gasteiger partial charge is 0.298 e. The lowest BCUT2D eigenvalue weighted by Crippen LogP contribution is -1.87. The van der Waals surface area contributed by atoms with Crippen LogP contribution in [-0.4, -0.2) is 16.9 Å². The highest BCUT2D eigenvalue weighted by molar-refractivity contribution is 6.51. The van der Waals surface area contributed by atoms with Crippen molar-refractivity contribution in [3.8, 4) is 0 Å². The van der Waals surface area contributed by atoms with Crippen LogP contribution in [0.4, 0.5) is 0 Å². The Morgan fingerprint density at radius 3 is 2.14 bits per heavy atom. The zero-order valence-corrected chi connectivity index (χ0v) is 9.13. The molecule has 4 heteroatoms. The van der Waals surface area contributed by atoms with Crippen LogP contribution in [0, 0.1) is 11.8 Å². The second-order valence-corrected chi connectivity index (χ2v) is 4.72. The normalized spacial score (nSPS) is 28.5. The Morgan fingerprint density at radius 1 is 1.29 bits per heavy atom. The molecule has 2 nitrogen and oxygen atoms in total. The monoisotopic (exact) mass is 232 g/mol. The van der Waals surface area contributed by atoms with Crippen molar-refractivity contribution < 1.29 is 9.59 Å². The van der Waals surface area contributed by atoms with Gasteiger partial charge in [0.15, 0.2) is 12.6 Å². The van der Waals surface area contributed by atoms with Gasteiger partial charge in [-0.2, -0.15) is 0 Å². The third kappa shape index (κ3) is 2.25. The van der Waals surface area contributed by atoms with E-state index < -0.39 is 4.33 Å². The average Bonchev–Trinajstić information content (AvgIpc) is 2.62. The number of hydrogen-bond donors (Lipinski definition) is 0. The number of alkyl halides is 2. The molecule has 0 N–H and O–H groups in total. The summed E-state index contributed by atoms with van der Waals surface area (Å²) in [6, 6.07) is 0. The SMILES string of the molecule is CC1C(/C=C/C=C(C=O)C=O)C1(Cl)Cl. The lowest BCUT2D eigenvalue weighted by molar-refractivity contribution is -0.109. The molecule has 1 saturated carbocycles. The number of aldehydes is 2. The van der Waals surface area contributed by atoms with Gasteiger partial charge in [0.25, 0.3) is 0 Å². The topological polar surface area (TPSA) is 34.1 Å². The highest BCUT2D eigenvalue weighted by Gasteiger charge is 2.58. The van der Waals surface area contributed by atoms with Crippen molar-refractivity contribution in [1.82, 2.24) is 0 Å². The molecule has 76 valence electrons. The van der Waals surface area contributed by atoms with Crippen molar-refractivity contribution in [3.63, 3.8) is 0 Å². The molecule has 14 heavy (non-hydrogen) atoms. The molecule has 0 amide bonds. The molecule has 1 fully saturated rings. The molecule has 0 aliphatic heterocycles. The van der Waals surface area contributed by atoms with Crippen LogP contribution in [0.2, 0.25) is 0 Å². The fourth-order valence-electron chi connectivity index (χ4n) is 1.20. The molecule has 1 aliphatic carbocycles. The Morgan fingerprint density at radius 2 is 1.79 bits per heavy atom. The predicted octanol–water partition coefficient (Wildman–Crippen LogP) is 2.31. The van der Waals surface area contributed by atoms with E-state index in [1.54, 1.807) is 12.2 Å². The Hall–Kier alpha value is -0.600. The van der Waals surface area contributed by atoms with E-state index in [1.807, 2.05) is 6.92 Å². The first-order valence-corrected chi connectivity index (χ1v) is 4.96. The van der Waals surface area contributed by atoms with Crippen LogP contribution in [-0.2, 0) is 9.59 Å². The molecule has 0 aromatic rings. The molecule has 0 aromatic carbocycles. The molecule has 0 bridgehead atoms. The van der Waals surface area contributed by atoms with Crippen LogP contribution >= 0.6 is 23.2 Å². The number of allylic oxidation sites excluding steroid dienone is 4. The second-order valence-electron chi connectivity index (χ2n) is 3.28. The van der Waals surface area contributed by atoms with Gasteiger partial charge in [-0.1, -0.05) is 19.1 Å². The molecule has 2 unspecified atom stereocenters. The van der Waals surface area contributed by atoms with E-state index >= 15 is 0 Å². The van der Waals surface area contributed by atoms with Crippen molar-refractivity contribution in [2.24, 2.45) is 11.8 Å². The maximum absolute atomic E-state index is 10.2. The van der Waals surface area contributed by atoms with Crippen molar-refractivity contribution in [2.45, 2.75) is 11.3 Å². The average molecular weight is 233 g/mol. The summed E-state index contributed by atoms with van der Waals surface area (Å²) >= 11 is 11.8. The van der Waals surface area contributed by atoms with Gasteiger partial charge < -0.3 is 0 Å². The number of hydrogen-bond acceptors (Lipinski definition) is 2. The number of halogens is 2. The van der Waals surface area contributed by atoms with Gasteiger partial charge >= 0.3 is 0 Å². The third-order valence-corrected chi connectivity index (χ3v) is 3.55. The van der Waals surface area contributed by atoms with Crippen molar-refractivity contribution >= 4 is 35.8 Å². The Kier molecular flexibility index (Phi) is 3.51. The van der Waals surface area contributed by atoms with Crippen LogP contribution in [0.15, 0.2) is 23.8 Å². The van der Waals surface area contributed by atoms with E-state index in [-0.39, 0.29) is 17.4 Å². The minimum absolute atomic E-state index is 0.0987. The van der Waals surface area contributed by atoms with Crippen molar-refractivity contribution in [1.29, 1.82) is 0 Å². The number of carbonyl (C=O) groups is 2. The van der Waals surface area contributed by atoms with Crippen LogP contribution in [0.25, 0.3) is 0 Å². The zero-order valence-electron chi connectivity index (χ0n) is 7.61. The molecular weight excluding hydrogens is 223 g/mol. The maximum Gasteiger partial charge on any atom is 0.153 e. The van der Waals surface area contributed by atoms with Crippen molar-refractivity contribution in [2.75, 3.05) is 0 Å². The van der Waals surface area contributed by atoms with Gasteiger partial charge in [0.05, 0.1) is 5.57 Å². The molecule has 0 spiro atoms. The van der Waals surface area contributed by atoms with Crippen LogP contribution in [0.5, 0.6) is 0 Å². The summed E-state index contributed by atoms with van der Waals surface area (Å²) in [6.45, 7) is 1.94. The minimum Gasteiger partial charge on any atom is -0.298 e. The first-order chi connectivity index (χ1) is 6.54. The lowest BCUT2D eigenvalue weighted by atomic mass is 10.2. The third-order valence-electron chi connectivity index (χ3n) is 2.36. The zero-order chi connectivity index (χ0) is 10.8. The Labute approximate surface area is 92.6 Å². The number of carbonyl (C=O) groups excluding carboxylic acids is 2. The first kappa shape index (κ1) is 11.5. The summed E-state index contributed by atoms with van der Waals surface area (Å²) < 4.78 is -0.688. The van der Waals surface area contributed by atoms with Crippen LogP contribution in [0.3, 0.4) is 0 Å². The molecule has 0 radical (unpaired) electrons. The van der Waals surface area contributed by atoms with E-state index in [9.17, 15) is 9.59 Å².